The van der Waals surface area contributed by atoms with Crippen LogP contribution in [0.25, 0.3) is 0 Å². The Balaban J connectivity index is 2.28. The summed E-state index contributed by atoms with van der Waals surface area (Å²) in [6, 6.07) is 0. The van der Waals surface area contributed by atoms with E-state index in [0.29, 0.717) is 6.54 Å². The van der Waals surface area contributed by atoms with E-state index in [1.54, 1.807) is 4.68 Å². The maximum absolute atomic E-state index is 9.20. The molecule has 0 fully saturated rings. The molecule has 0 saturated heterocycles. The highest BCUT2D eigenvalue weighted by Gasteiger charge is 2.11. The van der Waals surface area contributed by atoms with Crippen molar-refractivity contribution in [1.82, 2.24) is 24.8 Å². The van der Waals surface area contributed by atoms with Crippen LogP contribution in [0.2, 0.25) is 0 Å². The number of aliphatic hydroxyl groups is 1. The van der Waals surface area contributed by atoms with Crippen LogP contribution in [0.4, 0.5) is 0 Å². The molecule has 16 heavy (non-hydrogen) atoms. The average Bonchev–Trinajstić information content (AvgIpc) is 2.74. The summed E-state index contributed by atoms with van der Waals surface area (Å²) in [5, 5.41) is 21.4. The van der Waals surface area contributed by atoms with Gasteiger partial charge in [0.2, 0.25) is 0 Å². The maximum Gasteiger partial charge on any atom is 0.104 e. The van der Waals surface area contributed by atoms with Crippen molar-refractivity contribution >= 4 is 0 Å². The molecule has 0 unspecified atom stereocenters. The van der Waals surface area contributed by atoms with Crippen molar-refractivity contribution in [1.29, 1.82) is 0 Å². The van der Waals surface area contributed by atoms with Crippen LogP contribution in [0.15, 0.2) is 6.20 Å². The number of hydrogen-bond acceptors (Lipinski definition) is 4. The summed E-state index contributed by atoms with van der Waals surface area (Å²) < 4.78 is 3.50. The first-order valence-electron chi connectivity index (χ1n) is 5.10. The molecule has 0 aliphatic rings. The zero-order valence-electron chi connectivity index (χ0n) is 9.67. The van der Waals surface area contributed by atoms with Crippen molar-refractivity contribution in [3.05, 3.63) is 28.8 Å². The molecule has 86 valence electrons. The van der Waals surface area contributed by atoms with Crippen molar-refractivity contribution in [2.75, 3.05) is 0 Å². The van der Waals surface area contributed by atoms with E-state index in [1.807, 2.05) is 31.8 Å². The Labute approximate surface area is 93.5 Å². The van der Waals surface area contributed by atoms with Crippen LogP contribution >= 0.6 is 0 Å². The van der Waals surface area contributed by atoms with Crippen molar-refractivity contribution in [2.24, 2.45) is 7.05 Å². The first-order chi connectivity index (χ1) is 7.61. The summed E-state index contributed by atoms with van der Waals surface area (Å²) in [4.78, 5) is 0. The Kier molecular flexibility index (Phi) is 2.74. The van der Waals surface area contributed by atoms with Crippen LogP contribution < -0.4 is 0 Å². The topological polar surface area (TPSA) is 68.8 Å². The number of aromatic nitrogens is 5. The summed E-state index contributed by atoms with van der Waals surface area (Å²) in [6.45, 7) is 4.45. The van der Waals surface area contributed by atoms with Crippen LogP contribution in [-0.2, 0) is 20.2 Å². The average molecular weight is 221 g/mol. The highest BCUT2D eigenvalue weighted by Crippen LogP contribution is 2.13. The van der Waals surface area contributed by atoms with Gasteiger partial charge in [0.15, 0.2) is 0 Å². The zero-order valence-corrected chi connectivity index (χ0v) is 9.67. The Morgan fingerprint density at radius 3 is 2.62 bits per heavy atom. The van der Waals surface area contributed by atoms with E-state index in [9.17, 15) is 5.11 Å². The van der Waals surface area contributed by atoms with Gasteiger partial charge in [-0.15, -0.1) is 5.10 Å². The second-order valence-electron chi connectivity index (χ2n) is 3.85. The number of aliphatic hydroxyl groups excluding tert-OH is 1. The highest BCUT2D eigenvalue weighted by molar-refractivity contribution is 5.23. The van der Waals surface area contributed by atoms with Crippen LogP contribution in [0.1, 0.15) is 22.6 Å². The van der Waals surface area contributed by atoms with Gasteiger partial charge in [0.05, 0.1) is 18.8 Å². The van der Waals surface area contributed by atoms with E-state index in [1.165, 1.54) is 0 Å². The van der Waals surface area contributed by atoms with E-state index in [2.05, 4.69) is 15.4 Å². The van der Waals surface area contributed by atoms with Crippen molar-refractivity contribution in [2.45, 2.75) is 27.0 Å². The van der Waals surface area contributed by atoms with Crippen LogP contribution in [0, 0.1) is 13.8 Å². The lowest BCUT2D eigenvalue weighted by atomic mass is 10.2. The van der Waals surface area contributed by atoms with E-state index in [-0.39, 0.29) is 6.61 Å². The highest BCUT2D eigenvalue weighted by atomic mass is 16.3. The SMILES string of the molecule is Cc1nn(Cc2cn(C)nn2)c(C)c1CO. The van der Waals surface area contributed by atoms with E-state index < -0.39 is 0 Å². The Morgan fingerprint density at radius 1 is 1.38 bits per heavy atom. The number of aryl methyl sites for hydroxylation is 2. The van der Waals surface area contributed by atoms with Crippen molar-refractivity contribution in [3.63, 3.8) is 0 Å². The molecule has 2 heterocycles. The quantitative estimate of drug-likeness (QED) is 0.802. The minimum Gasteiger partial charge on any atom is -0.392 e. The molecule has 0 atom stereocenters. The van der Waals surface area contributed by atoms with Crippen LogP contribution in [0.3, 0.4) is 0 Å². The fourth-order valence-corrected chi connectivity index (χ4v) is 1.74. The van der Waals surface area contributed by atoms with Gasteiger partial charge in [-0.1, -0.05) is 5.21 Å². The lowest BCUT2D eigenvalue weighted by Gasteiger charge is -2.01. The molecule has 0 spiro atoms. The fourth-order valence-electron chi connectivity index (χ4n) is 1.74. The first-order valence-corrected chi connectivity index (χ1v) is 5.10. The van der Waals surface area contributed by atoms with Gasteiger partial charge in [0.25, 0.3) is 0 Å². The Bertz CT molecular complexity index is 499. The molecule has 0 saturated carbocycles. The molecule has 0 amide bonds. The van der Waals surface area contributed by atoms with Crippen LogP contribution in [-0.4, -0.2) is 29.9 Å². The molecular weight excluding hydrogens is 206 g/mol. The smallest absolute Gasteiger partial charge is 0.104 e. The summed E-state index contributed by atoms with van der Waals surface area (Å²) >= 11 is 0. The predicted octanol–water partition coefficient (Wildman–Crippen LogP) is 0.169. The minimum atomic E-state index is 0.0259. The molecular formula is C10H15N5O. The number of rotatable bonds is 3. The number of nitrogens with zero attached hydrogens (tertiary/aromatic N) is 5. The normalized spacial score (nSPS) is 11.0. The summed E-state index contributed by atoms with van der Waals surface area (Å²) in [7, 11) is 1.83. The van der Waals surface area contributed by atoms with E-state index in [0.717, 1.165) is 22.6 Å². The lowest BCUT2D eigenvalue weighted by Crippen LogP contribution is -2.04. The maximum atomic E-state index is 9.20. The van der Waals surface area contributed by atoms with Crippen LogP contribution in [0.5, 0.6) is 0 Å². The third-order valence-electron chi connectivity index (χ3n) is 2.65. The van der Waals surface area contributed by atoms with Crippen molar-refractivity contribution in [3.8, 4) is 0 Å². The summed E-state index contributed by atoms with van der Waals surface area (Å²) in [5.41, 5.74) is 3.59. The molecule has 0 bridgehead atoms. The summed E-state index contributed by atoms with van der Waals surface area (Å²) in [5.74, 6) is 0. The monoisotopic (exact) mass is 221 g/mol. The van der Waals surface area contributed by atoms with Gasteiger partial charge in [0.1, 0.15) is 5.69 Å². The van der Waals surface area contributed by atoms with Gasteiger partial charge < -0.3 is 5.11 Å². The summed E-state index contributed by atoms with van der Waals surface area (Å²) in [6.07, 6.45) is 1.86. The molecule has 0 aliphatic heterocycles. The fraction of sp³-hybridized carbons (Fsp3) is 0.500. The van der Waals surface area contributed by atoms with Gasteiger partial charge in [-0.05, 0) is 13.8 Å². The second kappa shape index (κ2) is 4.05. The van der Waals surface area contributed by atoms with Gasteiger partial charge >= 0.3 is 0 Å². The predicted molar refractivity (Wildman–Crippen MR) is 57.7 cm³/mol. The van der Waals surface area contributed by atoms with Gasteiger partial charge in [-0.25, -0.2) is 0 Å². The van der Waals surface area contributed by atoms with Gasteiger partial charge in [-0.3, -0.25) is 9.36 Å². The van der Waals surface area contributed by atoms with E-state index >= 15 is 0 Å². The Morgan fingerprint density at radius 2 is 2.12 bits per heavy atom. The first kappa shape index (κ1) is 10.8. The third kappa shape index (κ3) is 1.83. The molecule has 2 aromatic rings. The van der Waals surface area contributed by atoms with Crippen molar-refractivity contribution < 1.29 is 5.11 Å². The molecule has 1 N–H and O–H groups in total. The molecule has 0 aromatic carbocycles. The molecule has 2 aromatic heterocycles. The third-order valence-corrected chi connectivity index (χ3v) is 2.65. The second-order valence-corrected chi connectivity index (χ2v) is 3.85. The molecule has 0 aliphatic carbocycles. The largest absolute Gasteiger partial charge is 0.392 e. The van der Waals surface area contributed by atoms with Gasteiger partial charge in [0, 0.05) is 24.5 Å². The number of hydrogen-bond donors (Lipinski definition) is 1. The molecule has 6 heteroatoms. The lowest BCUT2D eigenvalue weighted by molar-refractivity contribution is 0.280. The minimum absolute atomic E-state index is 0.0259. The zero-order chi connectivity index (χ0) is 11.7. The Hall–Kier alpha value is -1.69. The standard InChI is InChI=1S/C10H15N5O/c1-7-10(6-16)8(2)15(12-7)5-9-4-14(3)13-11-9/h4,16H,5-6H2,1-3H3. The van der Waals surface area contributed by atoms with Gasteiger partial charge in [-0.2, -0.15) is 5.10 Å². The molecule has 6 nitrogen and oxygen atoms in total. The van der Waals surface area contributed by atoms with E-state index in [4.69, 9.17) is 0 Å². The molecule has 0 radical (unpaired) electrons. The molecule has 2 rings (SSSR count).